The first-order valence-electron chi connectivity index (χ1n) is 10.4. The van der Waals surface area contributed by atoms with Crippen LogP contribution in [-0.4, -0.2) is 31.3 Å². The molecule has 2 aromatic carbocycles. The molecule has 1 fully saturated rings. The van der Waals surface area contributed by atoms with Crippen LogP contribution in [0.5, 0.6) is 5.75 Å². The molecule has 5 rings (SSSR count). The smallest absolute Gasteiger partial charge is 0.255 e. The maximum atomic E-state index is 12.9. The third-order valence-electron chi connectivity index (χ3n) is 5.42. The number of rotatable bonds is 7. The summed E-state index contributed by atoms with van der Waals surface area (Å²) >= 11 is 0. The number of hydrogen-bond acceptors (Lipinski definition) is 7. The molecule has 1 amide bonds. The number of nitrogens with zero attached hydrogens (tertiary/aromatic N) is 5. The molecule has 2 heterocycles. The van der Waals surface area contributed by atoms with E-state index in [9.17, 15) is 4.79 Å². The summed E-state index contributed by atoms with van der Waals surface area (Å²) in [5.74, 6) is 1.80. The zero-order valence-electron chi connectivity index (χ0n) is 17.8. The van der Waals surface area contributed by atoms with Gasteiger partial charge >= 0.3 is 0 Å². The fourth-order valence-electron chi connectivity index (χ4n) is 3.48. The minimum Gasteiger partial charge on any atom is -0.489 e. The van der Waals surface area contributed by atoms with Crippen molar-refractivity contribution >= 4 is 11.6 Å². The Balaban J connectivity index is 1.29. The van der Waals surface area contributed by atoms with Gasteiger partial charge in [-0.2, -0.15) is 0 Å². The van der Waals surface area contributed by atoms with Crippen LogP contribution < -0.4 is 10.1 Å². The third kappa shape index (κ3) is 4.09. The number of carbonyl (C=O) groups is 1. The Kier molecular flexibility index (Phi) is 5.14. The molecule has 0 unspecified atom stereocenters. The third-order valence-corrected chi connectivity index (χ3v) is 5.42. The van der Waals surface area contributed by atoms with Crippen LogP contribution in [0.1, 0.15) is 46.3 Å². The molecule has 0 radical (unpaired) electrons. The van der Waals surface area contributed by atoms with Crippen molar-refractivity contribution in [3.63, 3.8) is 0 Å². The molecule has 0 atom stereocenters. The molecule has 1 aliphatic carbocycles. The van der Waals surface area contributed by atoms with E-state index in [1.807, 2.05) is 48.9 Å². The largest absolute Gasteiger partial charge is 0.489 e. The molecule has 162 valence electrons. The molecule has 0 saturated heterocycles. The van der Waals surface area contributed by atoms with Gasteiger partial charge in [0.1, 0.15) is 18.1 Å². The van der Waals surface area contributed by atoms with Gasteiger partial charge in [0, 0.05) is 16.8 Å². The van der Waals surface area contributed by atoms with E-state index in [1.54, 1.807) is 18.2 Å². The van der Waals surface area contributed by atoms with Gasteiger partial charge in [-0.3, -0.25) is 4.79 Å². The highest BCUT2D eigenvalue weighted by Crippen LogP contribution is 2.36. The van der Waals surface area contributed by atoms with Crippen LogP contribution in [0.4, 0.5) is 5.69 Å². The number of tetrazole rings is 1. The first-order chi connectivity index (χ1) is 15.6. The van der Waals surface area contributed by atoms with Gasteiger partial charge in [-0.25, -0.2) is 4.68 Å². The lowest BCUT2D eigenvalue weighted by molar-refractivity contribution is 0.102. The van der Waals surface area contributed by atoms with Gasteiger partial charge in [0.05, 0.1) is 17.3 Å². The maximum Gasteiger partial charge on any atom is 0.255 e. The van der Waals surface area contributed by atoms with E-state index in [-0.39, 0.29) is 5.91 Å². The van der Waals surface area contributed by atoms with Crippen molar-refractivity contribution < 1.29 is 14.1 Å². The van der Waals surface area contributed by atoms with Crippen LogP contribution in [0, 0.1) is 13.8 Å². The molecular formula is C23H22N6O3. The van der Waals surface area contributed by atoms with Crippen molar-refractivity contribution in [3.05, 3.63) is 71.1 Å². The number of nitrogens with one attached hydrogen (secondary N) is 1. The molecule has 1 saturated carbocycles. The predicted octanol–water partition coefficient (Wildman–Crippen LogP) is 4.11. The van der Waals surface area contributed by atoms with Crippen LogP contribution in [0.3, 0.4) is 0 Å². The summed E-state index contributed by atoms with van der Waals surface area (Å²) in [5.41, 5.74) is 3.72. The van der Waals surface area contributed by atoms with E-state index in [2.05, 4.69) is 26.0 Å². The fourth-order valence-corrected chi connectivity index (χ4v) is 3.48. The van der Waals surface area contributed by atoms with Crippen LogP contribution >= 0.6 is 0 Å². The van der Waals surface area contributed by atoms with Crippen molar-refractivity contribution in [1.82, 2.24) is 25.4 Å². The summed E-state index contributed by atoms with van der Waals surface area (Å²) in [5, 5.41) is 18.9. The number of aryl methyl sites for hydroxylation is 2. The van der Waals surface area contributed by atoms with Crippen molar-refractivity contribution in [2.24, 2.45) is 0 Å². The molecule has 2 aromatic heterocycles. The lowest BCUT2D eigenvalue weighted by Gasteiger charge is -2.10. The Morgan fingerprint density at radius 1 is 1.19 bits per heavy atom. The van der Waals surface area contributed by atoms with Gasteiger partial charge in [-0.05, 0) is 67.4 Å². The Labute approximate surface area is 184 Å². The summed E-state index contributed by atoms with van der Waals surface area (Å²) in [6.07, 6.45) is 2.17. The molecule has 1 aliphatic rings. The first kappa shape index (κ1) is 19.9. The SMILES string of the molecule is Cc1noc(C)c1COc1cccc(C(=O)Nc2cccc(-c3nnnn3C3CC3)c2)c1. The molecule has 9 nitrogen and oxygen atoms in total. The van der Waals surface area contributed by atoms with Crippen molar-refractivity contribution in [3.8, 4) is 17.1 Å². The summed E-state index contributed by atoms with van der Waals surface area (Å²) < 4.78 is 12.9. The monoisotopic (exact) mass is 430 g/mol. The molecule has 0 spiro atoms. The first-order valence-corrected chi connectivity index (χ1v) is 10.4. The standard InChI is InChI=1S/C23H22N6O3/c1-14-21(15(2)32-26-14)13-31-20-8-4-6-17(12-20)23(30)24-18-7-3-5-16(11-18)22-25-27-28-29(22)19-9-10-19/h3-8,11-12,19H,9-10,13H2,1-2H3,(H,24,30). The lowest BCUT2D eigenvalue weighted by atomic mass is 10.1. The van der Waals surface area contributed by atoms with Crippen LogP contribution in [0.25, 0.3) is 11.4 Å². The number of carbonyl (C=O) groups excluding carboxylic acids is 1. The second-order valence-corrected chi connectivity index (χ2v) is 7.83. The van der Waals surface area contributed by atoms with Gasteiger partial charge in [0.25, 0.3) is 5.91 Å². The highest BCUT2D eigenvalue weighted by molar-refractivity contribution is 6.04. The highest BCUT2D eigenvalue weighted by atomic mass is 16.5. The van der Waals surface area contributed by atoms with E-state index < -0.39 is 0 Å². The van der Waals surface area contributed by atoms with E-state index in [1.165, 1.54) is 0 Å². The van der Waals surface area contributed by atoms with Gasteiger partial charge in [0.15, 0.2) is 5.82 Å². The maximum absolute atomic E-state index is 12.9. The van der Waals surface area contributed by atoms with E-state index in [4.69, 9.17) is 9.26 Å². The van der Waals surface area contributed by atoms with Crippen molar-refractivity contribution in [1.29, 1.82) is 0 Å². The Hall–Kier alpha value is -4.01. The number of hydrogen-bond donors (Lipinski definition) is 1. The molecule has 0 bridgehead atoms. The Morgan fingerprint density at radius 3 is 2.81 bits per heavy atom. The number of benzene rings is 2. The second-order valence-electron chi connectivity index (χ2n) is 7.83. The van der Waals surface area contributed by atoms with Gasteiger partial charge in [0.2, 0.25) is 0 Å². The van der Waals surface area contributed by atoms with Crippen LogP contribution in [0.2, 0.25) is 0 Å². The molecular weight excluding hydrogens is 408 g/mol. The summed E-state index contributed by atoms with van der Waals surface area (Å²) in [6, 6.07) is 15.0. The average molecular weight is 430 g/mol. The van der Waals surface area contributed by atoms with E-state index >= 15 is 0 Å². The van der Waals surface area contributed by atoms with Crippen LogP contribution in [0.15, 0.2) is 53.1 Å². The number of aromatic nitrogens is 5. The topological polar surface area (TPSA) is 108 Å². The second kappa shape index (κ2) is 8.26. The quantitative estimate of drug-likeness (QED) is 0.470. The summed E-state index contributed by atoms with van der Waals surface area (Å²) in [7, 11) is 0. The van der Waals surface area contributed by atoms with Crippen molar-refractivity contribution in [2.45, 2.75) is 39.3 Å². The van der Waals surface area contributed by atoms with Crippen LogP contribution in [-0.2, 0) is 6.61 Å². The normalized spacial score (nSPS) is 13.2. The minimum atomic E-state index is -0.230. The van der Waals surface area contributed by atoms with Crippen molar-refractivity contribution in [2.75, 3.05) is 5.32 Å². The molecule has 0 aliphatic heterocycles. The zero-order chi connectivity index (χ0) is 22.1. The molecule has 4 aromatic rings. The van der Waals surface area contributed by atoms with E-state index in [0.29, 0.717) is 35.5 Å². The zero-order valence-corrected chi connectivity index (χ0v) is 17.8. The minimum absolute atomic E-state index is 0.230. The lowest BCUT2D eigenvalue weighted by Crippen LogP contribution is -2.12. The Bertz CT molecular complexity index is 1250. The van der Waals surface area contributed by atoms with Gasteiger partial charge < -0.3 is 14.6 Å². The highest BCUT2D eigenvalue weighted by Gasteiger charge is 2.28. The number of anilines is 1. The average Bonchev–Trinajstić information content (AvgIpc) is 3.44. The molecule has 1 N–H and O–H groups in total. The molecule has 9 heteroatoms. The summed E-state index contributed by atoms with van der Waals surface area (Å²) in [4.78, 5) is 12.9. The van der Waals surface area contributed by atoms with Gasteiger partial charge in [-0.1, -0.05) is 23.4 Å². The van der Waals surface area contributed by atoms with Gasteiger partial charge in [-0.15, -0.1) is 5.10 Å². The summed E-state index contributed by atoms with van der Waals surface area (Å²) in [6.45, 7) is 4.04. The fraction of sp³-hybridized carbons (Fsp3) is 0.261. The number of amides is 1. The predicted molar refractivity (Wildman–Crippen MR) is 116 cm³/mol. The number of ether oxygens (including phenoxy) is 1. The van der Waals surface area contributed by atoms with E-state index in [0.717, 1.165) is 35.4 Å². The Morgan fingerprint density at radius 2 is 2.03 bits per heavy atom. The molecule has 32 heavy (non-hydrogen) atoms.